The average Bonchev–Trinajstić information content (AvgIpc) is 2.73. The molecule has 0 unspecified atom stereocenters. The van der Waals surface area contributed by atoms with Crippen LogP contribution in [0.4, 0.5) is 4.79 Å². The summed E-state index contributed by atoms with van der Waals surface area (Å²) in [5, 5.41) is 10.5. The molecule has 0 spiro atoms. The molecule has 2 N–H and O–H groups in total. The molecule has 0 atom stereocenters. The molecule has 3 rings (SSSR count). The van der Waals surface area contributed by atoms with Crippen LogP contribution >= 0.6 is 12.2 Å². The van der Waals surface area contributed by atoms with E-state index in [0.717, 1.165) is 18.4 Å². The lowest BCUT2D eigenvalue weighted by atomic mass is 10.1. The molecule has 7 nitrogen and oxygen atoms in total. The van der Waals surface area contributed by atoms with Crippen LogP contribution in [0.3, 0.4) is 0 Å². The van der Waals surface area contributed by atoms with Gasteiger partial charge in [-0.15, -0.1) is 6.58 Å². The van der Waals surface area contributed by atoms with Crippen LogP contribution in [-0.4, -0.2) is 32.2 Å². The molecule has 2 aromatic rings. The molecule has 1 aliphatic rings. The van der Waals surface area contributed by atoms with Crippen molar-refractivity contribution in [3.63, 3.8) is 0 Å². The summed E-state index contributed by atoms with van der Waals surface area (Å²) in [6.45, 7) is 4.54. The van der Waals surface area contributed by atoms with Gasteiger partial charge in [0.15, 0.2) is 4.77 Å². The van der Waals surface area contributed by atoms with E-state index in [1.54, 1.807) is 6.08 Å². The van der Waals surface area contributed by atoms with E-state index in [-0.39, 0.29) is 29.4 Å². The number of nitrogens with one attached hydrogen (secondary N) is 1. The highest BCUT2D eigenvalue weighted by atomic mass is 32.1. The maximum absolute atomic E-state index is 12.6. The third-order valence-electron chi connectivity index (χ3n) is 4.67. The van der Waals surface area contributed by atoms with Crippen LogP contribution < -0.4 is 5.56 Å². The minimum absolute atomic E-state index is 0.0539. The summed E-state index contributed by atoms with van der Waals surface area (Å²) < 4.78 is 6.92. The number of ether oxygens (including phenoxy) is 1. The fraction of sp³-hybridized carbons (Fsp3) is 0.286. The number of aromatic hydroxyl groups is 1. The topological polar surface area (TPSA) is 87.6 Å². The molecule has 8 heteroatoms. The number of allylic oxidation sites excluding steroid dienone is 2. The fourth-order valence-corrected chi connectivity index (χ4v) is 3.43. The van der Waals surface area contributed by atoms with Crippen LogP contribution in [0.15, 0.2) is 53.5 Å². The van der Waals surface area contributed by atoms with E-state index >= 15 is 0 Å². The lowest BCUT2D eigenvalue weighted by molar-refractivity contribution is 0.102. The number of benzene rings is 1. The van der Waals surface area contributed by atoms with Crippen molar-refractivity contribution in [2.45, 2.75) is 32.4 Å². The zero-order valence-corrected chi connectivity index (χ0v) is 16.8. The van der Waals surface area contributed by atoms with Crippen molar-refractivity contribution >= 4 is 24.4 Å². The summed E-state index contributed by atoms with van der Waals surface area (Å²) in [7, 11) is 0. The van der Waals surface area contributed by atoms with Gasteiger partial charge in [0.25, 0.3) is 5.56 Å². The van der Waals surface area contributed by atoms with Gasteiger partial charge in [-0.25, -0.2) is 4.79 Å². The number of hydrogen-bond acceptors (Lipinski definition) is 5. The number of piperidine rings is 1. The van der Waals surface area contributed by atoms with E-state index in [0.29, 0.717) is 18.7 Å². The average molecular weight is 413 g/mol. The lowest BCUT2D eigenvalue weighted by Gasteiger charge is -2.29. The van der Waals surface area contributed by atoms with Crippen LogP contribution in [0.5, 0.6) is 5.88 Å². The smallest absolute Gasteiger partial charge is 0.414 e. The predicted molar refractivity (Wildman–Crippen MR) is 113 cm³/mol. The highest BCUT2D eigenvalue weighted by Crippen LogP contribution is 2.26. The summed E-state index contributed by atoms with van der Waals surface area (Å²) in [5.74, 6) is -0.255. The molecule has 1 aliphatic heterocycles. The zero-order chi connectivity index (χ0) is 20.8. The molecule has 0 bridgehead atoms. The minimum atomic E-state index is -0.511. The van der Waals surface area contributed by atoms with Gasteiger partial charge in [0, 0.05) is 18.8 Å². The Bertz CT molecular complexity index is 1040. The maximum atomic E-state index is 12.6. The molecule has 1 saturated heterocycles. The molecule has 1 fully saturated rings. The first-order valence-electron chi connectivity index (χ1n) is 9.37. The number of H-pyrrole nitrogens is 1. The Labute approximate surface area is 173 Å². The van der Waals surface area contributed by atoms with Crippen molar-refractivity contribution in [2.24, 2.45) is 0 Å². The van der Waals surface area contributed by atoms with Gasteiger partial charge in [-0.3, -0.25) is 19.2 Å². The van der Waals surface area contributed by atoms with Crippen molar-refractivity contribution in [1.82, 2.24) is 14.5 Å². The largest absolute Gasteiger partial charge is 0.494 e. The fourth-order valence-electron chi connectivity index (χ4n) is 3.18. The lowest BCUT2D eigenvalue weighted by Crippen LogP contribution is -2.34. The first-order valence-corrected chi connectivity index (χ1v) is 9.78. The number of hydrogen-bond donors (Lipinski definition) is 2. The van der Waals surface area contributed by atoms with Crippen molar-refractivity contribution < 1.29 is 14.6 Å². The predicted octanol–water partition coefficient (Wildman–Crippen LogP) is 3.96. The second kappa shape index (κ2) is 9.38. The number of likely N-dealkylation sites (tertiary alicyclic amines) is 1. The Morgan fingerprint density at radius 2 is 2.07 bits per heavy atom. The Hall–Kier alpha value is -3.13. The Kier molecular flexibility index (Phi) is 6.66. The molecule has 0 aliphatic carbocycles. The van der Waals surface area contributed by atoms with Crippen molar-refractivity contribution in [1.29, 1.82) is 0 Å². The van der Waals surface area contributed by atoms with Gasteiger partial charge in [-0.2, -0.15) is 0 Å². The number of rotatable bonds is 5. The molecule has 29 heavy (non-hydrogen) atoms. The number of amides is 1. The molecule has 0 saturated carbocycles. The third-order valence-corrected chi connectivity index (χ3v) is 4.99. The summed E-state index contributed by atoms with van der Waals surface area (Å²) in [6, 6.07) is 9.42. The number of carbonyl (C=O) groups excluding carboxylic acids is 1. The van der Waals surface area contributed by atoms with E-state index in [1.165, 1.54) is 15.5 Å². The van der Waals surface area contributed by atoms with E-state index in [4.69, 9.17) is 17.0 Å². The Morgan fingerprint density at radius 3 is 2.79 bits per heavy atom. The van der Waals surface area contributed by atoms with Gasteiger partial charge in [-0.1, -0.05) is 36.4 Å². The standard InChI is InChI=1S/C21H23N3O4S/c1-2-11-24-19(26)17(18(25)22-20(24)29)13-16-10-6-7-12-23(16)21(27)28-14-15-8-4-3-5-9-15/h2-5,8-9,13,26H,1,6-7,10-12,14H2,(H,22,25,29). The molecule has 0 radical (unpaired) electrons. The van der Waals surface area contributed by atoms with Crippen LogP contribution in [-0.2, 0) is 17.9 Å². The molecule has 1 aromatic heterocycles. The van der Waals surface area contributed by atoms with Crippen molar-refractivity contribution in [2.75, 3.05) is 6.54 Å². The number of carbonyl (C=O) groups is 1. The van der Waals surface area contributed by atoms with E-state index in [2.05, 4.69) is 11.6 Å². The monoisotopic (exact) mass is 413 g/mol. The van der Waals surface area contributed by atoms with Crippen molar-refractivity contribution in [3.8, 4) is 5.88 Å². The van der Waals surface area contributed by atoms with Crippen LogP contribution in [0.25, 0.3) is 6.08 Å². The van der Waals surface area contributed by atoms with Crippen molar-refractivity contribution in [3.05, 3.63) is 74.9 Å². The highest BCUT2D eigenvalue weighted by molar-refractivity contribution is 7.71. The first kappa shape index (κ1) is 20.6. The summed E-state index contributed by atoms with van der Waals surface area (Å²) >= 11 is 5.10. The minimum Gasteiger partial charge on any atom is -0.494 e. The number of aromatic amines is 1. The summed E-state index contributed by atoms with van der Waals surface area (Å²) in [6.07, 6.45) is 4.93. The van der Waals surface area contributed by atoms with E-state index < -0.39 is 11.7 Å². The maximum Gasteiger partial charge on any atom is 0.414 e. The van der Waals surface area contributed by atoms with Gasteiger partial charge in [0.05, 0.1) is 0 Å². The van der Waals surface area contributed by atoms with Gasteiger partial charge in [-0.05, 0) is 43.1 Å². The SMILES string of the molecule is C=CCn1c(O)c(C=C2CCCCN2C(=O)OCc2ccccc2)c(=O)[nH]c1=S. The molecule has 2 heterocycles. The third kappa shape index (κ3) is 4.83. The number of aromatic nitrogens is 2. The molecular formula is C21H23N3O4S. The van der Waals surface area contributed by atoms with E-state index in [1.807, 2.05) is 30.3 Å². The van der Waals surface area contributed by atoms with E-state index in [9.17, 15) is 14.7 Å². The van der Waals surface area contributed by atoms with Gasteiger partial charge >= 0.3 is 6.09 Å². The molecule has 1 amide bonds. The van der Waals surface area contributed by atoms with Gasteiger partial charge in [0.1, 0.15) is 12.2 Å². The zero-order valence-electron chi connectivity index (χ0n) is 16.0. The Balaban J connectivity index is 1.87. The second-order valence-corrected chi connectivity index (χ2v) is 7.07. The number of nitrogens with zero attached hydrogens (tertiary/aromatic N) is 2. The second-order valence-electron chi connectivity index (χ2n) is 6.68. The van der Waals surface area contributed by atoms with Crippen LogP contribution in [0.1, 0.15) is 30.4 Å². The highest BCUT2D eigenvalue weighted by Gasteiger charge is 2.24. The van der Waals surface area contributed by atoms with Crippen LogP contribution in [0.2, 0.25) is 0 Å². The first-order chi connectivity index (χ1) is 14.0. The summed E-state index contributed by atoms with van der Waals surface area (Å²) in [4.78, 5) is 29.1. The Morgan fingerprint density at radius 1 is 1.31 bits per heavy atom. The molecular weight excluding hydrogens is 390 g/mol. The normalized spacial score (nSPS) is 15.3. The van der Waals surface area contributed by atoms with Gasteiger partial charge < -0.3 is 9.84 Å². The molecule has 152 valence electrons. The molecule has 1 aromatic carbocycles. The summed E-state index contributed by atoms with van der Waals surface area (Å²) in [5.41, 5.74) is 1.06. The quantitative estimate of drug-likeness (QED) is 0.572. The van der Waals surface area contributed by atoms with Gasteiger partial charge in [0.2, 0.25) is 5.88 Å². The van der Waals surface area contributed by atoms with Crippen LogP contribution in [0, 0.1) is 4.77 Å².